The summed E-state index contributed by atoms with van der Waals surface area (Å²) in [6, 6.07) is 0. The first kappa shape index (κ1) is 62.6. The number of ether oxygens (including phenoxy) is 4. The van der Waals surface area contributed by atoms with E-state index in [9.17, 15) is 37.9 Å². The van der Waals surface area contributed by atoms with Gasteiger partial charge >= 0.3 is 11.9 Å². The molecular formula is C54H96O12S. The summed E-state index contributed by atoms with van der Waals surface area (Å²) in [5.41, 5.74) is 0. The minimum absolute atomic E-state index is 0.127. The van der Waals surface area contributed by atoms with E-state index < -0.39 is 71.2 Å². The highest BCUT2D eigenvalue weighted by Crippen LogP contribution is 2.24. The van der Waals surface area contributed by atoms with E-state index in [2.05, 4.69) is 62.5 Å². The maximum absolute atomic E-state index is 12.9. The summed E-state index contributed by atoms with van der Waals surface area (Å²) in [7, 11) is -4.61. The molecule has 0 bridgehead atoms. The number of hydrogen-bond acceptors (Lipinski definition) is 11. The lowest BCUT2D eigenvalue weighted by Gasteiger charge is -2.40. The van der Waals surface area contributed by atoms with Gasteiger partial charge in [0.25, 0.3) is 10.1 Å². The van der Waals surface area contributed by atoms with Crippen LogP contribution in [0.15, 0.2) is 48.6 Å². The van der Waals surface area contributed by atoms with Crippen LogP contribution < -0.4 is 0 Å². The third-order valence-corrected chi connectivity index (χ3v) is 12.9. The van der Waals surface area contributed by atoms with Crippen molar-refractivity contribution in [3.05, 3.63) is 48.6 Å². The van der Waals surface area contributed by atoms with Crippen molar-refractivity contribution in [1.82, 2.24) is 0 Å². The summed E-state index contributed by atoms with van der Waals surface area (Å²) in [5, 5.41) is 31.0. The molecule has 13 heteroatoms. The predicted octanol–water partition coefficient (Wildman–Crippen LogP) is 12.3. The zero-order valence-corrected chi connectivity index (χ0v) is 42.8. The Morgan fingerprint density at radius 2 is 0.925 bits per heavy atom. The third-order valence-electron chi connectivity index (χ3n) is 12.1. The highest BCUT2D eigenvalue weighted by Gasteiger charge is 2.46. The van der Waals surface area contributed by atoms with Crippen LogP contribution in [-0.4, -0.2) is 96.0 Å². The van der Waals surface area contributed by atoms with Crippen molar-refractivity contribution in [3.8, 4) is 0 Å². The van der Waals surface area contributed by atoms with Crippen molar-refractivity contribution < 1.29 is 56.8 Å². The van der Waals surface area contributed by atoms with Gasteiger partial charge in [-0.25, -0.2) is 0 Å². The summed E-state index contributed by atoms with van der Waals surface area (Å²) in [4.78, 5) is 25.5. The quantitative estimate of drug-likeness (QED) is 0.0196. The average Bonchev–Trinajstić information content (AvgIpc) is 3.30. The van der Waals surface area contributed by atoms with Gasteiger partial charge in [-0.15, -0.1) is 0 Å². The normalized spacial score (nSPS) is 19.6. The number of aliphatic hydroxyl groups is 3. The van der Waals surface area contributed by atoms with Crippen LogP contribution in [0.4, 0.5) is 0 Å². The van der Waals surface area contributed by atoms with Crippen molar-refractivity contribution in [1.29, 1.82) is 0 Å². The summed E-state index contributed by atoms with van der Waals surface area (Å²) in [6.07, 6.45) is 44.4. The molecular weight excluding hydrogens is 873 g/mol. The molecule has 390 valence electrons. The molecule has 0 aromatic carbocycles. The Kier molecular flexibility index (Phi) is 40.8. The van der Waals surface area contributed by atoms with Crippen molar-refractivity contribution in [2.24, 2.45) is 0 Å². The van der Waals surface area contributed by atoms with Gasteiger partial charge in [0.15, 0.2) is 12.4 Å². The van der Waals surface area contributed by atoms with E-state index in [1.165, 1.54) is 122 Å². The lowest BCUT2D eigenvalue weighted by atomic mass is 10.00. The molecule has 1 aliphatic rings. The fourth-order valence-electron chi connectivity index (χ4n) is 8.02. The van der Waals surface area contributed by atoms with Crippen LogP contribution in [0, 0.1) is 0 Å². The fraction of sp³-hybridized carbons (Fsp3) is 0.815. The molecule has 0 saturated carbocycles. The van der Waals surface area contributed by atoms with Gasteiger partial charge < -0.3 is 34.3 Å². The van der Waals surface area contributed by atoms with Gasteiger partial charge in [-0.05, 0) is 51.4 Å². The lowest BCUT2D eigenvalue weighted by Crippen LogP contribution is -2.60. The maximum atomic E-state index is 12.9. The Hall–Kier alpha value is -2.39. The Morgan fingerprint density at radius 1 is 0.507 bits per heavy atom. The smallest absolute Gasteiger partial charge is 0.306 e. The Morgan fingerprint density at radius 3 is 1.39 bits per heavy atom. The highest BCUT2D eigenvalue weighted by molar-refractivity contribution is 7.85. The van der Waals surface area contributed by atoms with E-state index in [1.807, 2.05) is 0 Å². The summed E-state index contributed by atoms with van der Waals surface area (Å²) < 4.78 is 54.2. The number of carbonyl (C=O) groups is 2. The number of aliphatic hydroxyl groups excluding tert-OH is 3. The largest absolute Gasteiger partial charge is 0.462 e. The highest BCUT2D eigenvalue weighted by atomic mass is 32.2. The van der Waals surface area contributed by atoms with E-state index in [4.69, 9.17) is 18.9 Å². The van der Waals surface area contributed by atoms with Crippen LogP contribution in [0.3, 0.4) is 0 Å². The first-order valence-corrected chi connectivity index (χ1v) is 28.3. The van der Waals surface area contributed by atoms with E-state index >= 15 is 0 Å². The molecule has 12 nitrogen and oxygen atoms in total. The van der Waals surface area contributed by atoms with Gasteiger partial charge in [0.2, 0.25) is 0 Å². The third kappa shape index (κ3) is 38.1. The second kappa shape index (κ2) is 43.6. The van der Waals surface area contributed by atoms with Crippen LogP contribution in [0.1, 0.15) is 226 Å². The first-order valence-electron chi connectivity index (χ1n) is 26.7. The molecule has 67 heavy (non-hydrogen) atoms. The van der Waals surface area contributed by atoms with Gasteiger partial charge in [-0.2, -0.15) is 8.42 Å². The van der Waals surface area contributed by atoms with Gasteiger partial charge in [0.1, 0.15) is 36.8 Å². The van der Waals surface area contributed by atoms with E-state index in [0.29, 0.717) is 12.8 Å². The zero-order valence-electron chi connectivity index (χ0n) is 42.0. The van der Waals surface area contributed by atoms with E-state index in [1.54, 1.807) is 0 Å². The molecule has 1 saturated heterocycles. The van der Waals surface area contributed by atoms with E-state index in [0.717, 1.165) is 64.2 Å². The van der Waals surface area contributed by atoms with Gasteiger partial charge in [0, 0.05) is 12.8 Å². The van der Waals surface area contributed by atoms with Crippen LogP contribution in [0.5, 0.6) is 0 Å². The Balaban J connectivity index is 2.35. The molecule has 1 fully saturated rings. The molecule has 1 aliphatic heterocycles. The summed E-state index contributed by atoms with van der Waals surface area (Å²) >= 11 is 0. The lowest BCUT2D eigenvalue weighted by molar-refractivity contribution is -0.297. The van der Waals surface area contributed by atoms with Crippen LogP contribution in [0.25, 0.3) is 0 Å². The van der Waals surface area contributed by atoms with Crippen molar-refractivity contribution >= 4 is 22.1 Å². The monoisotopic (exact) mass is 969 g/mol. The van der Waals surface area contributed by atoms with Crippen LogP contribution in [-0.2, 0) is 38.7 Å². The second-order valence-electron chi connectivity index (χ2n) is 18.5. The number of rotatable bonds is 45. The first-order chi connectivity index (χ1) is 32.5. The molecule has 1 rings (SSSR count). The molecule has 0 amide bonds. The minimum atomic E-state index is -4.61. The predicted molar refractivity (Wildman–Crippen MR) is 270 cm³/mol. The summed E-state index contributed by atoms with van der Waals surface area (Å²) in [5.74, 6) is -2.02. The second-order valence-corrected chi connectivity index (χ2v) is 20.0. The number of hydrogen-bond donors (Lipinski definition) is 4. The zero-order chi connectivity index (χ0) is 49.1. The molecule has 0 aromatic heterocycles. The van der Waals surface area contributed by atoms with Crippen LogP contribution in [0.2, 0.25) is 0 Å². The molecule has 1 heterocycles. The Labute approximate surface area is 407 Å². The Bertz CT molecular complexity index is 1410. The number of allylic oxidation sites excluding steroid dienone is 8. The number of unbranched alkanes of at least 4 members (excludes halogenated alkanes) is 25. The standard InChI is InChI=1S/C54H96O12S/c1-3-5-7-9-11-13-15-17-19-21-22-23-24-25-27-28-30-32-34-36-38-40-42-49(55)63-44-47(45-64-54-53(59)52(58)51(57)48(66-54)46-67(60,61)62)65-50(56)43-41-39-37-35-33-31-29-26-20-18-16-14-12-10-8-6-4-2/h8,10,14,16,20,26,31,33,47-48,51-54,57-59H,3-7,9,11-13,15,17-19,21-25,27-30,32,34-46H2,1-2H3,(H,60,61,62)/b10-8+,16-14+,26-20+,33-31+/t47-,48-,51-,52?,53?,54+/m1/s1. The molecule has 0 aromatic rings. The maximum Gasteiger partial charge on any atom is 0.306 e. The number of carbonyl (C=O) groups excluding carboxylic acids is 2. The molecule has 0 spiro atoms. The molecule has 4 N–H and O–H groups in total. The van der Waals surface area contributed by atoms with Crippen molar-refractivity contribution in [2.45, 2.75) is 263 Å². The minimum Gasteiger partial charge on any atom is -0.462 e. The van der Waals surface area contributed by atoms with Gasteiger partial charge in [-0.1, -0.05) is 210 Å². The van der Waals surface area contributed by atoms with Gasteiger partial charge in [-0.3, -0.25) is 14.1 Å². The fourth-order valence-corrected chi connectivity index (χ4v) is 8.71. The SMILES string of the molecule is CCC/C=C/C/C=C/C/C=C/C/C=C/CCCCCC(=O)O[C@H](COC(=O)CCCCCCCCCCCCCCCCCCCCCCCC)CO[C@H]1O[C@H](CS(=O)(=O)O)[C@@H](O)C(O)C1O. The number of esters is 2. The molecule has 2 unspecified atom stereocenters. The topological polar surface area (TPSA) is 186 Å². The molecule has 6 atom stereocenters. The van der Waals surface area contributed by atoms with Crippen LogP contribution >= 0.6 is 0 Å². The molecule has 0 radical (unpaired) electrons. The summed E-state index contributed by atoms with van der Waals surface area (Å²) in [6.45, 7) is 3.70. The van der Waals surface area contributed by atoms with Crippen molar-refractivity contribution in [2.75, 3.05) is 19.0 Å². The van der Waals surface area contributed by atoms with Crippen molar-refractivity contribution in [3.63, 3.8) is 0 Å². The van der Waals surface area contributed by atoms with Gasteiger partial charge in [0.05, 0.1) is 6.61 Å². The van der Waals surface area contributed by atoms with E-state index in [-0.39, 0.29) is 19.4 Å². The average molecular weight is 969 g/mol. The molecule has 0 aliphatic carbocycles.